The van der Waals surface area contributed by atoms with E-state index in [4.69, 9.17) is 14.6 Å². The molecule has 28 heavy (non-hydrogen) atoms. The molecule has 0 bridgehead atoms. The van der Waals surface area contributed by atoms with Crippen LogP contribution in [0.4, 0.5) is 11.4 Å². The van der Waals surface area contributed by atoms with Crippen LogP contribution in [0.1, 0.15) is 10.4 Å². The largest absolute Gasteiger partial charge is 0.494 e. The van der Waals surface area contributed by atoms with E-state index in [9.17, 15) is 9.59 Å². The van der Waals surface area contributed by atoms with Crippen molar-refractivity contribution in [2.75, 3.05) is 50.1 Å². The smallest absolute Gasteiger partial charge is 0.341 e. The van der Waals surface area contributed by atoms with Crippen LogP contribution in [0.3, 0.4) is 0 Å². The van der Waals surface area contributed by atoms with Crippen LogP contribution in [0, 0.1) is 0 Å². The van der Waals surface area contributed by atoms with E-state index in [1.54, 1.807) is 24.3 Å². The van der Waals surface area contributed by atoms with E-state index in [0.717, 1.165) is 31.9 Å². The molecule has 1 saturated heterocycles. The van der Waals surface area contributed by atoms with E-state index in [1.807, 2.05) is 12.1 Å². The third kappa shape index (κ3) is 4.92. The summed E-state index contributed by atoms with van der Waals surface area (Å²) < 4.78 is 10.4. The first-order chi connectivity index (χ1) is 13.6. The Morgan fingerprint density at radius 3 is 2.50 bits per heavy atom. The van der Waals surface area contributed by atoms with E-state index < -0.39 is 12.6 Å². The van der Waals surface area contributed by atoms with Crippen LogP contribution in [0.2, 0.25) is 0 Å². The molecule has 8 heteroatoms. The highest BCUT2D eigenvalue weighted by Crippen LogP contribution is 2.29. The molecule has 2 aromatic carbocycles. The van der Waals surface area contributed by atoms with Crippen molar-refractivity contribution >= 4 is 23.3 Å². The Kier molecular flexibility index (Phi) is 6.33. The molecule has 0 atom stereocenters. The second-order valence-electron chi connectivity index (χ2n) is 6.28. The van der Waals surface area contributed by atoms with Gasteiger partial charge >= 0.3 is 5.97 Å². The molecule has 2 aromatic rings. The number of hydrogen-bond acceptors (Lipinski definition) is 6. The van der Waals surface area contributed by atoms with Gasteiger partial charge in [-0.1, -0.05) is 0 Å². The summed E-state index contributed by atoms with van der Waals surface area (Å²) in [5.41, 5.74) is 2.10. The van der Waals surface area contributed by atoms with Gasteiger partial charge in [0.1, 0.15) is 11.5 Å². The lowest BCUT2D eigenvalue weighted by molar-refractivity contribution is -0.139. The molecule has 0 aromatic heterocycles. The van der Waals surface area contributed by atoms with Gasteiger partial charge in [0, 0.05) is 43.5 Å². The maximum atomic E-state index is 12.6. The Balaban J connectivity index is 1.67. The average Bonchev–Trinajstić information content (AvgIpc) is 2.73. The van der Waals surface area contributed by atoms with E-state index in [0.29, 0.717) is 22.7 Å². The number of benzene rings is 2. The lowest BCUT2D eigenvalue weighted by Gasteiger charge is -2.29. The number of aliphatic carboxylic acids is 1. The van der Waals surface area contributed by atoms with Crippen molar-refractivity contribution < 1.29 is 24.2 Å². The van der Waals surface area contributed by atoms with E-state index in [-0.39, 0.29) is 5.91 Å². The van der Waals surface area contributed by atoms with Gasteiger partial charge in [0.05, 0.1) is 12.8 Å². The maximum Gasteiger partial charge on any atom is 0.341 e. The fourth-order valence-electron chi connectivity index (χ4n) is 2.95. The maximum absolute atomic E-state index is 12.6. The summed E-state index contributed by atoms with van der Waals surface area (Å²) in [7, 11) is 1.47. The monoisotopic (exact) mass is 385 g/mol. The number of nitrogens with one attached hydrogen (secondary N) is 2. The molecule has 0 radical (unpaired) electrons. The zero-order valence-electron chi connectivity index (χ0n) is 15.6. The van der Waals surface area contributed by atoms with Gasteiger partial charge in [-0.05, 0) is 36.4 Å². The minimum absolute atomic E-state index is 0.260. The Morgan fingerprint density at radius 2 is 1.86 bits per heavy atom. The first-order valence-corrected chi connectivity index (χ1v) is 8.96. The van der Waals surface area contributed by atoms with Crippen LogP contribution in [-0.2, 0) is 4.79 Å². The van der Waals surface area contributed by atoms with Crippen molar-refractivity contribution in [3.8, 4) is 11.5 Å². The zero-order chi connectivity index (χ0) is 19.9. The Morgan fingerprint density at radius 1 is 1.14 bits per heavy atom. The van der Waals surface area contributed by atoms with Gasteiger partial charge in [-0.3, -0.25) is 4.79 Å². The van der Waals surface area contributed by atoms with Gasteiger partial charge in [-0.15, -0.1) is 0 Å². The number of rotatable bonds is 7. The fourth-order valence-corrected chi connectivity index (χ4v) is 2.95. The Bertz CT molecular complexity index is 832. The van der Waals surface area contributed by atoms with Crippen LogP contribution in [-0.4, -0.2) is 56.9 Å². The number of nitrogens with zero attached hydrogens (tertiary/aromatic N) is 1. The molecule has 0 aliphatic carbocycles. The van der Waals surface area contributed by atoms with E-state index in [2.05, 4.69) is 15.5 Å². The number of methoxy groups -OCH3 is 1. The van der Waals surface area contributed by atoms with Crippen LogP contribution in [0.5, 0.6) is 11.5 Å². The summed E-state index contributed by atoms with van der Waals surface area (Å²) in [6, 6.07) is 12.2. The van der Waals surface area contributed by atoms with E-state index >= 15 is 0 Å². The van der Waals surface area contributed by atoms with Gasteiger partial charge in [-0.2, -0.15) is 0 Å². The molecule has 1 aliphatic heterocycles. The third-order valence-corrected chi connectivity index (χ3v) is 4.40. The number of carbonyl (C=O) groups is 2. The second kappa shape index (κ2) is 9.09. The van der Waals surface area contributed by atoms with Crippen molar-refractivity contribution in [1.29, 1.82) is 0 Å². The first kappa shape index (κ1) is 19.5. The molecule has 1 fully saturated rings. The van der Waals surface area contributed by atoms with Gasteiger partial charge in [0.2, 0.25) is 0 Å². The van der Waals surface area contributed by atoms with E-state index in [1.165, 1.54) is 13.2 Å². The number of carboxylic acid groups (broad SMARTS) is 1. The number of anilines is 2. The number of amides is 1. The summed E-state index contributed by atoms with van der Waals surface area (Å²) in [6.07, 6.45) is 0. The SMILES string of the molecule is COc1cc(OCC(=O)O)ccc1NC(=O)c1ccc(N2CCNCC2)cc1. The Hall–Kier alpha value is -3.26. The predicted molar refractivity (Wildman–Crippen MR) is 106 cm³/mol. The van der Waals surface area contributed by atoms with Crippen LogP contribution >= 0.6 is 0 Å². The average molecular weight is 385 g/mol. The fraction of sp³-hybridized carbons (Fsp3) is 0.300. The summed E-state index contributed by atoms with van der Waals surface area (Å²) in [4.78, 5) is 25.4. The minimum Gasteiger partial charge on any atom is -0.494 e. The molecule has 1 heterocycles. The topological polar surface area (TPSA) is 100 Å². The number of hydrogen-bond donors (Lipinski definition) is 3. The molecule has 8 nitrogen and oxygen atoms in total. The van der Waals surface area contributed by atoms with Crippen molar-refractivity contribution in [1.82, 2.24) is 5.32 Å². The van der Waals surface area contributed by atoms with Gasteiger partial charge in [0.15, 0.2) is 6.61 Å². The lowest BCUT2D eigenvalue weighted by atomic mass is 10.1. The summed E-state index contributed by atoms with van der Waals surface area (Å²) in [5, 5.41) is 14.8. The van der Waals surface area contributed by atoms with Crippen LogP contribution in [0.25, 0.3) is 0 Å². The first-order valence-electron chi connectivity index (χ1n) is 8.96. The third-order valence-electron chi connectivity index (χ3n) is 4.40. The van der Waals surface area contributed by atoms with Gasteiger partial charge in [0.25, 0.3) is 5.91 Å². The Labute approximate surface area is 163 Å². The highest BCUT2D eigenvalue weighted by molar-refractivity contribution is 6.05. The molecule has 148 valence electrons. The van der Waals surface area contributed by atoms with Gasteiger partial charge in [-0.25, -0.2) is 4.79 Å². The highest BCUT2D eigenvalue weighted by Gasteiger charge is 2.14. The highest BCUT2D eigenvalue weighted by atomic mass is 16.5. The molecule has 0 saturated carbocycles. The number of piperazine rings is 1. The molecule has 3 N–H and O–H groups in total. The van der Waals surface area contributed by atoms with Crippen molar-refractivity contribution in [3.63, 3.8) is 0 Å². The molecular weight excluding hydrogens is 362 g/mol. The minimum atomic E-state index is -1.07. The molecule has 1 amide bonds. The van der Waals surface area contributed by atoms with Crippen molar-refractivity contribution in [3.05, 3.63) is 48.0 Å². The van der Waals surface area contributed by atoms with Crippen LogP contribution in [0.15, 0.2) is 42.5 Å². The van der Waals surface area contributed by atoms with Gasteiger partial charge < -0.3 is 30.1 Å². The quantitative estimate of drug-likeness (QED) is 0.668. The number of ether oxygens (including phenoxy) is 2. The second-order valence-corrected chi connectivity index (χ2v) is 6.28. The summed E-state index contributed by atoms with van der Waals surface area (Å²) >= 11 is 0. The molecule has 1 aliphatic rings. The van der Waals surface area contributed by atoms with Crippen LogP contribution < -0.4 is 25.0 Å². The number of carbonyl (C=O) groups excluding carboxylic acids is 1. The zero-order valence-corrected chi connectivity index (χ0v) is 15.6. The lowest BCUT2D eigenvalue weighted by Crippen LogP contribution is -2.43. The van der Waals surface area contributed by atoms with Crippen molar-refractivity contribution in [2.24, 2.45) is 0 Å². The number of carboxylic acids is 1. The summed E-state index contributed by atoms with van der Waals surface area (Å²) in [6.45, 7) is 3.34. The molecule has 0 unspecified atom stereocenters. The standard InChI is InChI=1S/C20H23N3O5/c1-27-18-12-16(28-13-19(24)25)6-7-17(18)22-20(26)14-2-4-15(5-3-14)23-10-8-21-9-11-23/h2-7,12,21H,8-11,13H2,1H3,(H,22,26)(H,24,25). The van der Waals surface area contributed by atoms with Crippen molar-refractivity contribution in [2.45, 2.75) is 0 Å². The normalized spacial score (nSPS) is 13.7. The molecular formula is C20H23N3O5. The summed E-state index contributed by atoms with van der Waals surface area (Å²) in [5.74, 6) is -0.601. The predicted octanol–water partition coefficient (Wildman–Crippen LogP) is 1.82. The molecule has 0 spiro atoms. The molecule has 3 rings (SSSR count).